The van der Waals surface area contributed by atoms with Gasteiger partial charge in [-0.25, -0.2) is 4.79 Å². The van der Waals surface area contributed by atoms with Gasteiger partial charge < -0.3 is 25.4 Å². The van der Waals surface area contributed by atoms with Gasteiger partial charge >= 0.3 is 5.97 Å². The molecule has 220 valence electrons. The van der Waals surface area contributed by atoms with E-state index in [0.717, 1.165) is 73.5 Å². The molecule has 1 amide bonds. The molecule has 0 unspecified atom stereocenters. The van der Waals surface area contributed by atoms with E-state index >= 15 is 0 Å². The van der Waals surface area contributed by atoms with Gasteiger partial charge in [0.1, 0.15) is 6.04 Å². The average molecular weight is 562 g/mol. The van der Waals surface area contributed by atoms with Crippen LogP contribution in [-0.4, -0.2) is 51.0 Å². The number of carboxylic acids is 1. The first-order valence-electron chi connectivity index (χ1n) is 15.2. The summed E-state index contributed by atoms with van der Waals surface area (Å²) in [6, 6.07) is 6.62. The maximum absolute atomic E-state index is 12.6. The average Bonchev–Trinajstić information content (AvgIpc) is 3.45. The van der Waals surface area contributed by atoms with E-state index in [1.807, 2.05) is 24.3 Å². The Morgan fingerprint density at radius 3 is 2.68 bits per heavy atom. The molecule has 0 aliphatic heterocycles. The van der Waals surface area contributed by atoms with E-state index in [4.69, 9.17) is 4.84 Å². The fourth-order valence-electron chi connectivity index (χ4n) is 9.02. The van der Waals surface area contributed by atoms with Gasteiger partial charge in [0, 0.05) is 23.5 Å². The number of nitrogens with zero attached hydrogens (tertiary/aromatic N) is 1. The summed E-state index contributed by atoms with van der Waals surface area (Å²) in [6.07, 6.45) is 12.4. The molecule has 3 saturated carbocycles. The van der Waals surface area contributed by atoms with Gasteiger partial charge in [-0.05, 0) is 105 Å². The first-order valence-corrected chi connectivity index (χ1v) is 15.2. The highest BCUT2D eigenvalue weighted by Crippen LogP contribution is 2.67. The Morgan fingerprint density at radius 2 is 1.88 bits per heavy atom. The first kappa shape index (κ1) is 28.0. The second-order valence-corrected chi connectivity index (χ2v) is 13.6. The molecule has 1 aromatic heterocycles. The lowest BCUT2D eigenvalue weighted by Crippen LogP contribution is -2.53. The molecule has 0 bridgehead atoms. The number of H-pyrrole nitrogens is 1. The minimum atomic E-state index is -1.09. The van der Waals surface area contributed by atoms with E-state index in [1.165, 1.54) is 5.57 Å². The van der Waals surface area contributed by atoms with Crippen LogP contribution in [0.3, 0.4) is 0 Å². The number of benzene rings is 1. The summed E-state index contributed by atoms with van der Waals surface area (Å²) < 4.78 is 0. The zero-order valence-electron chi connectivity index (χ0n) is 24.4. The van der Waals surface area contributed by atoms with Crippen LogP contribution in [0.1, 0.15) is 77.7 Å². The molecule has 0 spiro atoms. The van der Waals surface area contributed by atoms with Crippen molar-refractivity contribution >= 4 is 28.5 Å². The Bertz CT molecular complexity index is 1410. The predicted molar refractivity (Wildman–Crippen MR) is 157 cm³/mol. The van der Waals surface area contributed by atoms with E-state index < -0.39 is 23.5 Å². The van der Waals surface area contributed by atoms with Gasteiger partial charge in [0.15, 0.2) is 6.61 Å². The molecule has 7 atom stereocenters. The van der Waals surface area contributed by atoms with Gasteiger partial charge in [0.25, 0.3) is 5.91 Å². The lowest BCUT2D eigenvalue weighted by atomic mass is 9.46. The van der Waals surface area contributed by atoms with Gasteiger partial charge in [-0.1, -0.05) is 42.8 Å². The van der Waals surface area contributed by atoms with Crippen LogP contribution in [0, 0.1) is 28.6 Å². The third-order valence-corrected chi connectivity index (χ3v) is 11.6. The second-order valence-electron chi connectivity index (χ2n) is 13.6. The quantitative estimate of drug-likeness (QED) is 0.339. The monoisotopic (exact) mass is 561 g/mol. The highest BCUT2D eigenvalue weighted by molar-refractivity contribution is 5.96. The zero-order valence-corrected chi connectivity index (χ0v) is 24.4. The fourth-order valence-corrected chi connectivity index (χ4v) is 9.02. The van der Waals surface area contributed by atoms with Gasteiger partial charge in [-0.2, -0.15) is 0 Å². The molecule has 6 rings (SSSR count). The number of hydrogen-bond donors (Lipinski definition) is 4. The minimum absolute atomic E-state index is 0.0243. The third kappa shape index (κ3) is 4.78. The summed E-state index contributed by atoms with van der Waals surface area (Å²) >= 11 is 0. The van der Waals surface area contributed by atoms with Crippen LogP contribution in [-0.2, 0) is 20.8 Å². The van der Waals surface area contributed by atoms with Crippen LogP contribution < -0.4 is 5.32 Å². The number of amides is 1. The molecular weight excluding hydrogens is 518 g/mol. The predicted octanol–water partition coefficient (Wildman–Crippen LogP) is 5.37. The molecule has 41 heavy (non-hydrogen) atoms. The molecule has 3 fully saturated rings. The van der Waals surface area contributed by atoms with Gasteiger partial charge in [-0.3, -0.25) is 4.79 Å². The molecule has 4 N–H and O–H groups in total. The van der Waals surface area contributed by atoms with Crippen molar-refractivity contribution in [3.05, 3.63) is 47.7 Å². The summed E-state index contributed by atoms with van der Waals surface area (Å²) in [6.45, 7) is 6.48. The highest BCUT2D eigenvalue weighted by Gasteiger charge is 2.62. The Kier molecular flexibility index (Phi) is 7.04. The minimum Gasteiger partial charge on any atom is -0.480 e. The number of carbonyl (C=O) groups excluding carboxylic acids is 1. The van der Waals surface area contributed by atoms with Crippen molar-refractivity contribution in [3.63, 3.8) is 0 Å². The van der Waals surface area contributed by atoms with Crippen LogP contribution in [0.4, 0.5) is 0 Å². The first-order chi connectivity index (χ1) is 19.5. The summed E-state index contributed by atoms with van der Waals surface area (Å²) in [5, 5.41) is 28.7. The summed E-state index contributed by atoms with van der Waals surface area (Å²) in [5.74, 6) is 0.291. The molecular formula is C33H43N3O5. The van der Waals surface area contributed by atoms with Gasteiger partial charge in [-0.15, -0.1) is 0 Å². The smallest absolute Gasteiger partial charge is 0.326 e. The Morgan fingerprint density at radius 1 is 1.10 bits per heavy atom. The number of hydrogen-bond acceptors (Lipinski definition) is 5. The number of aromatic amines is 1. The SMILES string of the molecule is C[C@]12CC/C(=N\OCC(=O)N[C@@H](Cc3c[nH]c4ccccc34)C(=O)O)C=C1CC[C@@H]1[C@@H]2CC[C@@]2(C)[C@H]1CC[C@]2(C)O. The normalized spacial score (nSPS) is 36.1. The van der Waals surface area contributed by atoms with E-state index in [9.17, 15) is 19.8 Å². The zero-order chi connectivity index (χ0) is 29.0. The van der Waals surface area contributed by atoms with Gasteiger partial charge in [0.2, 0.25) is 0 Å². The number of rotatable bonds is 7. The Labute approximate surface area is 241 Å². The van der Waals surface area contributed by atoms with Crippen LogP contribution in [0.2, 0.25) is 0 Å². The lowest BCUT2D eigenvalue weighted by Gasteiger charge is -2.59. The van der Waals surface area contributed by atoms with Crippen molar-refractivity contribution in [1.82, 2.24) is 10.3 Å². The number of oxime groups is 1. The van der Waals surface area contributed by atoms with Crippen molar-refractivity contribution in [2.45, 2.75) is 90.2 Å². The number of carboxylic acid groups (broad SMARTS) is 1. The van der Waals surface area contributed by atoms with Gasteiger partial charge in [0.05, 0.1) is 11.3 Å². The lowest BCUT2D eigenvalue weighted by molar-refractivity contribution is -0.142. The molecule has 4 aliphatic rings. The summed E-state index contributed by atoms with van der Waals surface area (Å²) in [7, 11) is 0. The van der Waals surface area contributed by atoms with Crippen LogP contribution in [0.25, 0.3) is 10.9 Å². The Hall–Kier alpha value is -3.13. The second kappa shape index (κ2) is 10.3. The Balaban J connectivity index is 1.07. The van der Waals surface area contributed by atoms with E-state index in [1.54, 1.807) is 6.20 Å². The van der Waals surface area contributed by atoms with E-state index in [2.05, 4.69) is 42.3 Å². The van der Waals surface area contributed by atoms with Crippen molar-refractivity contribution in [2.24, 2.45) is 33.7 Å². The molecule has 0 saturated heterocycles. The number of para-hydroxylation sites is 1. The molecule has 2 aromatic rings. The molecule has 8 nitrogen and oxygen atoms in total. The van der Waals surface area contributed by atoms with Crippen molar-refractivity contribution in [2.75, 3.05) is 6.61 Å². The highest BCUT2D eigenvalue weighted by atomic mass is 16.6. The maximum Gasteiger partial charge on any atom is 0.326 e. The largest absolute Gasteiger partial charge is 0.480 e. The van der Waals surface area contributed by atoms with Crippen molar-refractivity contribution < 1.29 is 24.6 Å². The number of aromatic nitrogens is 1. The van der Waals surface area contributed by atoms with Crippen LogP contribution >= 0.6 is 0 Å². The molecule has 1 aromatic carbocycles. The number of nitrogens with one attached hydrogen (secondary N) is 2. The van der Waals surface area contributed by atoms with Crippen LogP contribution in [0.15, 0.2) is 47.3 Å². The number of aliphatic carboxylic acids is 1. The van der Waals surface area contributed by atoms with Crippen LogP contribution in [0.5, 0.6) is 0 Å². The van der Waals surface area contributed by atoms with Crippen molar-refractivity contribution in [3.8, 4) is 0 Å². The number of allylic oxidation sites excluding steroid dienone is 2. The molecule has 1 heterocycles. The topological polar surface area (TPSA) is 124 Å². The number of fused-ring (bicyclic) bond motifs is 6. The fraction of sp³-hybridized carbons (Fsp3) is 0.606. The summed E-state index contributed by atoms with van der Waals surface area (Å²) in [4.78, 5) is 33.0. The maximum atomic E-state index is 12.6. The number of aliphatic hydroxyl groups is 1. The molecule has 4 aliphatic carbocycles. The van der Waals surface area contributed by atoms with E-state index in [0.29, 0.717) is 17.8 Å². The summed E-state index contributed by atoms with van der Waals surface area (Å²) in [5.41, 5.74) is 3.66. The van der Waals surface area contributed by atoms with Crippen molar-refractivity contribution in [1.29, 1.82) is 0 Å². The third-order valence-electron chi connectivity index (χ3n) is 11.6. The standard InChI is InChI=1S/C33H43N3O5/c1-31-13-10-22(17-21(31)8-9-24-25(31)11-14-32(2)26(24)12-15-33(32,3)40)36-41-19-29(37)35-28(30(38)39)16-20-18-34-27-7-5-4-6-23(20)27/h4-7,17-18,24-26,28,34,40H,8-16,19H2,1-3H3,(H,35,37)(H,38,39)/b36-22+/t24-,25+,26+,28+,31+,32+,33+/m1/s1. The number of carbonyl (C=O) groups is 2. The van der Waals surface area contributed by atoms with E-state index in [-0.39, 0.29) is 23.9 Å². The molecule has 0 radical (unpaired) electrons. The molecule has 8 heteroatoms.